The molecule has 2 aromatic rings. The number of aromatic nitrogens is 2. The fourth-order valence-electron chi connectivity index (χ4n) is 2.73. The summed E-state index contributed by atoms with van der Waals surface area (Å²) in [6, 6.07) is 7.39. The van der Waals surface area contributed by atoms with Crippen molar-refractivity contribution in [2.45, 2.75) is 38.8 Å². The maximum atomic E-state index is 12.7. The van der Waals surface area contributed by atoms with E-state index in [1.807, 2.05) is 38.1 Å². The number of ether oxygens (including phenoxy) is 1. The first-order valence-corrected chi connectivity index (χ1v) is 7.95. The van der Waals surface area contributed by atoms with E-state index in [0.717, 1.165) is 11.1 Å². The molecule has 0 saturated carbocycles. The van der Waals surface area contributed by atoms with Crippen molar-refractivity contribution in [2.24, 2.45) is 0 Å². The Labute approximate surface area is 141 Å². The van der Waals surface area contributed by atoms with E-state index in [2.05, 4.69) is 4.98 Å². The fourth-order valence-corrected chi connectivity index (χ4v) is 2.73. The van der Waals surface area contributed by atoms with Gasteiger partial charge >= 0.3 is 6.03 Å². The van der Waals surface area contributed by atoms with Crippen LogP contribution in [0.1, 0.15) is 33.3 Å². The average Bonchev–Trinajstić information content (AvgIpc) is 3.12. The molecule has 24 heavy (non-hydrogen) atoms. The molecule has 6 nitrogen and oxygen atoms in total. The van der Waals surface area contributed by atoms with Crippen LogP contribution < -0.4 is 0 Å². The topological polar surface area (TPSA) is 67.6 Å². The number of rotatable bonds is 2. The summed E-state index contributed by atoms with van der Waals surface area (Å²) in [7, 11) is 0. The molecule has 3 rings (SSSR count). The van der Waals surface area contributed by atoms with E-state index in [-0.39, 0.29) is 18.3 Å². The van der Waals surface area contributed by atoms with Gasteiger partial charge in [0.15, 0.2) is 0 Å². The minimum atomic E-state index is -0.925. The zero-order chi connectivity index (χ0) is 17.5. The molecule has 1 aliphatic rings. The maximum Gasteiger partial charge on any atom is 0.331 e. The van der Waals surface area contributed by atoms with E-state index < -0.39 is 5.60 Å². The lowest BCUT2D eigenvalue weighted by Crippen LogP contribution is -2.45. The molecule has 1 fully saturated rings. The molecule has 0 bridgehead atoms. The van der Waals surface area contributed by atoms with Gasteiger partial charge in [-0.15, -0.1) is 0 Å². The predicted molar refractivity (Wildman–Crippen MR) is 90.4 cm³/mol. The van der Waals surface area contributed by atoms with Crippen LogP contribution in [0.5, 0.6) is 0 Å². The third-order valence-corrected chi connectivity index (χ3v) is 4.31. The van der Waals surface area contributed by atoms with Crippen LogP contribution in [0.2, 0.25) is 0 Å². The van der Waals surface area contributed by atoms with Gasteiger partial charge in [0, 0.05) is 11.8 Å². The first kappa shape index (κ1) is 16.7. The third-order valence-electron chi connectivity index (χ3n) is 4.31. The molecule has 1 aromatic carbocycles. The van der Waals surface area contributed by atoms with Crippen LogP contribution in [0.4, 0.5) is 4.79 Å². The number of hydrogen-bond acceptors (Lipinski definition) is 4. The highest BCUT2D eigenvalue weighted by atomic mass is 16.5. The molecule has 1 aromatic heterocycles. The second-order valence-corrected chi connectivity index (χ2v) is 7.31. The lowest BCUT2D eigenvalue weighted by atomic mass is 9.96. The Morgan fingerprint density at radius 2 is 2.12 bits per heavy atom. The molecule has 1 amide bonds. The van der Waals surface area contributed by atoms with E-state index in [0.29, 0.717) is 12.3 Å². The number of imidazole rings is 1. The monoisotopic (exact) mass is 329 g/mol. The summed E-state index contributed by atoms with van der Waals surface area (Å²) in [6.07, 6.45) is 3.23. The Hall–Kier alpha value is -2.18. The molecule has 0 radical (unpaired) electrons. The van der Waals surface area contributed by atoms with Crippen LogP contribution in [0.3, 0.4) is 0 Å². The van der Waals surface area contributed by atoms with Crippen molar-refractivity contribution in [2.75, 3.05) is 13.3 Å². The second kappa shape index (κ2) is 5.72. The molecule has 1 saturated heterocycles. The molecule has 1 aliphatic heterocycles. The van der Waals surface area contributed by atoms with E-state index in [9.17, 15) is 9.90 Å². The molecule has 0 unspecified atom stereocenters. The fraction of sp³-hybridized carbons (Fsp3) is 0.444. The largest absolute Gasteiger partial charge is 0.386 e. The number of nitrogens with zero attached hydrogens (tertiary/aromatic N) is 3. The molecule has 2 heterocycles. The number of benzene rings is 1. The Morgan fingerprint density at radius 3 is 2.75 bits per heavy atom. The summed E-state index contributed by atoms with van der Waals surface area (Å²) < 4.78 is 6.88. The van der Waals surface area contributed by atoms with Gasteiger partial charge in [0.25, 0.3) is 0 Å². The minimum Gasteiger partial charge on any atom is -0.386 e. The first-order valence-electron chi connectivity index (χ1n) is 7.95. The summed E-state index contributed by atoms with van der Waals surface area (Å²) in [6.45, 7) is 8.24. The summed E-state index contributed by atoms with van der Waals surface area (Å²) in [4.78, 5) is 18.7. The van der Waals surface area contributed by atoms with Gasteiger partial charge in [0.1, 0.15) is 13.1 Å². The van der Waals surface area contributed by atoms with Crippen LogP contribution in [0.25, 0.3) is 11.3 Å². The number of carbonyl (C=O) groups is 1. The second-order valence-electron chi connectivity index (χ2n) is 7.31. The molecular formula is C18H23N3O3. The van der Waals surface area contributed by atoms with Gasteiger partial charge in [-0.25, -0.2) is 9.78 Å². The highest BCUT2D eigenvalue weighted by molar-refractivity contribution is 5.79. The van der Waals surface area contributed by atoms with Crippen molar-refractivity contribution in [3.8, 4) is 11.3 Å². The number of carbonyl (C=O) groups excluding carboxylic acids is 1. The Morgan fingerprint density at radius 1 is 1.38 bits per heavy atom. The molecule has 6 heteroatoms. The van der Waals surface area contributed by atoms with E-state index in [1.54, 1.807) is 24.9 Å². The molecule has 0 atom stereocenters. The highest BCUT2D eigenvalue weighted by Crippen LogP contribution is 2.26. The van der Waals surface area contributed by atoms with Crippen molar-refractivity contribution in [3.05, 3.63) is 42.4 Å². The van der Waals surface area contributed by atoms with Crippen molar-refractivity contribution < 1.29 is 14.6 Å². The van der Waals surface area contributed by atoms with Crippen molar-refractivity contribution in [1.82, 2.24) is 14.5 Å². The standard InChI is InChI=1S/C18H23N3O3/c1-17(2)10-24-12-21(17)16(22)20-9-15(19-11-20)13-6-5-7-14(8-13)18(3,4)23/h5-9,11,23H,10,12H2,1-4H3. The summed E-state index contributed by atoms with van der Waals surface area (Å²) >= 11 is 0. The average molecular weight is 329 g/mol. The Bertz CT molecular complexity index is 759. The van der Waals surface area contributed by atoms with Crippen LogP contribution >= 0.6 is 0 Å². The molecule has 0 aliphatic carbocycles. The van der Waals surface area contributed by atoms with Gasteiger partial charge in [0.2, 0.25) is 0 Å². The normalized spacial score (nSPS) is 17.3. The number of hydrogen-bond donors (Lipinski definition) is 1. The van der Waals surface area contributed by atoms with Crippen molar-refractivity contribution in [3.63, 3.8) is 0 Å². The SMILES string of the molecule is CC(C)(O)c1cccc(-c2cn(C(=O)N3COCC3(C)C)cn2)c1. The first-order chi connectivity index (χ1) is 11.2. The van der Waals surface area contributed by atoms with Gasteiger partial charge in [-0.2, -0.15) is 0 Å². The summed E-state index contributed by atoms with van der Waals surface area (Å²) in [5.41, 5.74) is 1.09. The van der Waals surface area contributed by atoms with Crippen LogP contribution in [0.15, 0.2) is 36.8 Å². The minimum absolute atomic E-state index is 0.158. The van der Waals surface area contributed by atoms with E-state index in [4.69, 9.17) is 4.74 Å². The van der Waals surface area contributed by atoms with E-state index >= 15 is 0 Å². The van der Waals surface area contributed by atoms with Gasteiger partial charge in [-0.05, 0) is 39.3 Å². The van der Waals surface area contributed by atoms with Crippen LogP contribution in [-0.2, 0) is 10.3 Å². The maximum absolute atomic E-state index is 12.7. The zero-order valence-corrected chi connectivity index (χ0v) is 14.5. The summed E-state index contributed by atoms with van der Waals surface area (Å²) in [5, 5.41) is 10.2. The van der Waals surface area contributed by atoms with Gasteiger partial charge in [-0.1, -0.05) is 18.2 Å². The van der Waals surface area contributed by atoms with Crippen LogP contribution in [-0.4, -0.2) is 44.5 Å². The lowest BCUT2D eigenvalue weighted by molar-refractivity contribution is 0.0786. The lowest BCUT2D eigenvalue weighted by Gasteiger charge is -2.28. The van der Waals surface area contributed by atoms with Gasteiger partial charge in [-0.3, -0.25) is 9.47 Å². The van der Waals surface area contributed by atoms with E-state index in [1.165, 1.54) is 10.9 Å². The smallest absolute Gasteiger partial charge is 0.331 e. The molecular weight excluding hydrogens is 306 g/mol. The molecule has 1 N–H and O–H groups in total. The third kappa shape index (κ3) is 3.07. The highest BCUT2D eigenvalue weighted by Gasteiger charge is 2.37. The quantitative estimate of drug-likeness (QED) is 0.920. The zero-order valence-electron chi connectivity index (χ0n) is 14.5. The summed E-state index contributed by atoms with van der Waals surface area (Å²) in [5.74, 6) is 0. The predicted octanol–water partition coefficient (Wildman–Crippen LogP) is 2.81. The Kier molecular flexibility index (Phi) is 3.97. The van der Waals surface area contributed by atoms with Crippen molar-refractivity contribution in [1.29, 1.82) is 0 Å². The molecule has 0 spiro atoms. The van der Waals surface area contributed by atoms with Crippen LogP contribution in [0, 0.1) is 0 Å². The Balaban J connectivity index is 1.87. The van der Waals surface area contributed by atoms with Crippen molar-refractivity contribution >= 4 is 6.03 Å². The number of aliphatic hydroxyl groups is 1. The van der Waals surface area contributed by atoms with Gasteiger partial charge in [0.05, 0.1) is 23.4 Å². The van der Waals surface area contributed by atoms with Gasteiger partial charge < -0.3 is 9.84 Å². The molecule has 128 valence electrons. The number of amides is 1.